The number of carbonyl (C=O) groups excluding carboxylic acids is 1. The quantitative estimate of drug-likeness (QED) is 0.772. The van der Waals surface area contributed by atoms with Crippen LogP contribution in [-0.2, 0) is 4.79 Å². The Kier molecular flexibility index (Phi) is 4.53. The van der Waals surface area contributed by atoms with Crippen LogP contribution >= 0.6 is 0 Å². The lowest BCUT2D eigenvalue weighted by atomic mass is 9.73. The van der Waals surface area contributed by atoms with Crippen LogP contribution in [-0.4, -0.2) is 21.9 Å². The molecule has 1 heterocycles. The zero-order valence-corrected chi connectivity index (χ0v) is 13.7. The fraction of sp³-hybridized carbons (Fsp3) is 0.938. The Hall–Kier alpha value is -0.410. The molecule has 19 heavy (non-hydrogen) atoms. The molecule has 0 aromatic heterocycles. The molecule has 0 amide bonds. The van der Waals surface area contributed by atoms with Gasteiger partial charge < -0.3 is 10.3 Å². The molecule has 1 fully saturated rings. The molecule has 0 atom stereocenters. The summed E-state index contributed by atoms with van der Waals surface area (Å²) in [7, 11) is 0. The van der Waals surface area contributed by atoms with Gasteiger partial charge in [-0.3, -0.25) is 4.79 Å². The van der Waals surface area contributed by atoms with E-state index in [4.69, 9.17) is 0 Å². The van der Waals surface area contributed by atoms with Gasteiger partial charge in [-0.1, -0.05) is 20.8 Å². The smallest absolute Gasteiger partial charge is 0.138 e. The third kappa shape index (κ3) is 4.03. The zero-order valence-electron chi connectivity index (χ0n) is 13.7. The van der Waals surface area contributed by atoms with Crippen molar-refractivity contribution in [2.24, 2.45) is 11.3 Å². The normalized spacial score (nSPS) is 24.4. The maximum Gasteiger partial charge on any atom is 0.138 e. The van der Waals surface area contributed by atoms with Crippen LogP contribution in [0.3, 0.4) is 0 Å². The summed E-state index contributed by atoms with van der Waals surface area (Å²) in [6, 6.07) is 0. The number of nitrogens with zero attached hydrogens (tertiary/aromatic N) is 1. The van der Waals surface area contributed by atoms with Gasteiger partial charge >= 0.3 is 0 Å². The average Bonchev–Trinajstić information content (AvgIpc) is 2.20. The van der Waals surface area contributed by atoms with Gasteiger partial charge in [0, 0.05) is 22.9 Å². The molecule has 0 aromatic carbocycles. The van der Waals surface area contributed by atoms with Crippen molar-refractivity contribution in [3.63, 3.8) is 0 Å². The minimum Gasteiger partial charge on any atom is -0.784 e. The number of carbonyl (C=O) groups is 1. The molecule has 112 valence electrons. The summed E-state index contributed by atoms with van der Waals surface area (Å²) in [5.41, 5.74) is -0.890. The van der Waals surface area contributed by atoms with E-state index in [-0.39, 0.29) is 16.5 Å². The van der Waals surface area contributed by atoms with Crippen molar-refractivity contribution < 1.29 is 4.79 Å². The number of hydroxylamine groups is 2. The molecule has 0 saturated carbocycles. The van der Waals surface area contributed by atoms with Gasteiger partial charge in [0.1, 0.15) is 5.78 Å². The molecule has 1 aliphatic heterocycles. The first kappa shape index (κ1) is 16.6. The van der Waals surface area contributed by atoms with Crippen molar-refractivity contribution in [3.05, 3.63) is 5.21 Å². The van der Waals surface area contributed by atoms with E-state index in [1.54, 1.807) is 0 Å². The van der Waals surface area contributed by atoms with Crippen LogP contribution < -0.4 is 0 Å². The van der Waals surface area contributed by atoms with Gasteiger partial charge in [-0.2, -0.15) is 0 Å². The van der Waals surface area contributed by atoms with Crippen LogP contribution in [0.2, 0.25) is 0 Å². The highest BCUT2D eigenvalue weighted by Crippen LogP contribution is 2.42. The first-order valence-corrected chi connectivity index (χ1v) is 7.37. The molecule has 3 heteroatoms. The predicted molar refractivity (Wildman–Crippen MR) is 79.8 cm³/mol. The second-order valence-corrected chi connectivity index (χ2v) is 8.41. The van der Waals surface area contributed by atoms with Crippen LogP contribution in [0, 0.1) is 16.5 Å². The van der Waals surface area contributed by atoms with E-state index < -0.39 is 0 Å². The van der Waals surface area contributed by atoms with Crippen molar-refractivity contribution >= 4 is 5.78 Å². The number of piperidine rings is 1. The van der Waals surface area contributed by atoms with Gasteiger partial charge in [-0.15, -0.1) is 0 Å². The number of hydrogen-bond donors (Lipinski definition) is 0. The second kappa shape index (κ2) is 5.17. The highest BCUT2D eigenvalue weighted by Gasteiger charge is 2.40. The number of ketones is 1. The van der Waals surface area contributed by atoms with Crippen molar-refractivity contribution in [2.45, 2.75) is 85.2 Å². The molecule has 0 unspecified atom stereocenters. The van der Waals surface area contributed by atoms with Crippen molar-refractivity contribution in [1.29, 1.82) is 0 Å². The van der Waals surface area contributed by atoms with Gasteiger partial charge in [-0.25, -0.2) is 0 Å². The highest BCUT2D eigenvalue weighted by atomic mass is 16.5. The minimum atomic E-state index is -0.322. The third-order valence-electron chi connectivity index (χ3n) is 4.29. The Morgan fingerprint density at radius 3 is 1.95 bits per heavy atom. The fourth-order valence-corrected chi connectivity index (χ4v) is 3.38. The van der Waals surface area contributed by atoms with Crippen molar-refractivity contribution in [2.75, 3.05) is 0 Å². The van der Waals surface area contributed by atoms with Gasteiger partial charge in [0.25, 0.3) is 0 Å². The van der Waals surface area contributed by atoms with E-state index in [1.165, 1.54) is 5.06 Å². The third-order valence-corrected chi connectivity index (χ3v) is 4.29. The lowest BCUT2D eigenvalue weighted by Crippen LogP contribution is -2.57. The van der Waals surface area contributed by atoms with Gasteiger partial charge in [0.15, 0.2) is 0 Å². The van der Waals surface area contributed by atoms with Crippen LogP contribution in [0.4, 0.5) is 0 Å². The van der Waals surface area contributed by atoms with E-state index in [0.29, 0.717) is 18.1 Å². The molecule has 0 aliphatic carbocycles. The lowest BCUT2D eigenvalue weighted by molar-refractivity contribution is -0.127. The average molecular weight is 268 g/mol. The standard InChI is InChI=1S/C16H30NO2/c1-14(2,3)13(18)9-8-12-10-15(4,5)17(19)16(6,7)11-12/h12H,8-11H2,1-7H3/q-1. The maximum absolute atomic E-state index is 12.3. The molecule has 0 aromatic rings. The molecule has 3 nitrogen and oxygen atoms in total. The number of rotatable bonds is 3. The van der Waals surface area contributed by atoms with Crippen molar-refractivity contribution in [1.82, 2.24) is 5.06 Å². The zero-order chi connectivity index (χ0) is 15.1. The summed E-state index contributed by atoms with van der Waals surface area (Å²) in [6.45, 7) is 14.0. The molecule has 0 bridgehead atoms. The number of Topliss-reactive ketones (excluding diaryl/α,β-unsaturated/α-hetero) is 1. The molecule has 1 saturated heterocycles. The summed E-state index contributed by atoms with van der Waals surface area (Å²) in [5.74, 6) is 0.800. The topological polar surface area (TPSA) is 43.4 Å². The van der Waals surface area contributed by atoms with E-state index in [2.05, 4.69) is 0 Å². The first-order valence-electron chi connectivity index (χ1n) is 7.37. The molecule has 0 N–H and O–H groups in total. The molecule has 0 radical (unpaired) electrons. The van der Waals surface area contributed by atoms with Crippen LogP contribution in [0.25, 0.3) is 0 Å². The Balaban J connectivity index is 2.64. The summed E-state index contributed by atoms with van der Waals surface area (Å²) in [4.78, 5) is 12.0. The summed E-state index contributed by atoms with van der Waals surface area (Å²) in [5, 5.41) is 13.5. The van der Waals surface area contributed by atoms with Crippen molar-refractivity contribution in [3.8, 4) is 0 Å². The largest absolute Gasteiger partial charge is 0.784 e. The molecular weight excluding hydrogens is 238 g/mol. The predicted octanol–water partition coefficient (Wildman–Crippen LogP) is 4.15. The van der Waals surface area contributed by atoms with E-state index in [9.17, 15) is 10.0 Å². The summed E-state index contributed by atoms with van der Waals surface area (Å²) >= 11 is 0. The molecule has 1 rings (SSSR count). The van der Waals surface area contributed by atoms with Gasteiger partial charge in [0.05, 0.1) is 0 Å². The Morgan fingerprint density at radius 2 is 1.58 bits per heavy atom. The van der Waals surface area contributed by atoms with E-state index in [0.717, 1.165) is 19.3 Å². The SMILES string of the molecule is CC(C)(C)C(=O)CCC1CC(C)(C)N([O-])C(C)(C)C1. The van der Waals surface area contributed by atoms with Crippen LogP contribution in [0.15, 0.2) is 0 Å². The monoisotopic (exact) mass is 268 g/mol. The lowest BCUT2D eigenvalue weighted by Gasteiger charge is -2.60. The first-order chi connectivity index (χ1) is 8.36. The Bertz CT molecular complexity index is 321. The van der Waals surface area contributed by atoms with Crippen LogP contribution in [0.1, 0.15) is 74.1 Å². The van der Waals surface area contributed by atoms with E-state index in [1.807, 2.05) is 48.5 Å². The fourth-order valence-electron chi connectivity index (χ4n) is 3.38. The Labute approximate surface area is 118 Å². The van der Waals surface area contributed by atoms with Gasteiger partial charge in [-0.05, 0) is 52.9 Å². The maximum atomic E-state index is 12.3. The summed E-state index contributed by atoms with van der Waals surface area (Å²) < 4.78 is 0. The molecule has 0 spiro atoms. The second-order valence-electron chi connectivity index (χ2n) is 8.41. The van der Waals surface area contributed by atoms with Gasteiger partial charge in [0.2, 0.25) is 0 Å². The van der Waals surface area contributed by atoms with E-state index >= 15 is 0 Å². The summed E-state index contributed by atoms with van der Waals surface area (Å²) in [6.07, 6.45) is 3.32. The Morgan fingerprint density at radius 1 is 1.16 bits per heavy atom. The number of hydrogen-bond acceptors (Lipinski definition) is 3. The molecular formula is C16H30NO2-. The minimum absolute atomic E-state index is 0.246. The highest BCUT2D eigenvalue weighted by molar-refractivity contribution is 5.83. The van der Waals surface area contributed by atoms with Crippen LogP contribution in [0.5, 0.6) is 0 Å². The molecule has 1 aliphatic rings.